The molecule has 2 fully saturated rings. The second-order valence-corrected chi connectivity index (χ2v) is 4.05. The van der Waals surface area contributed by atoms with Crippen LogP contribution >= 0.6 is 0 Å². The third-order valence-corrected chi connectivity index (χ3v) is 3.60. The third-order valence-electron chi connectivity index (χ3n) is 3.60. The Balaban J connectivity index is 2.26. The number of fused-ring (bicyclic) bond motifs is 2. The van der Waals surface area contributed by atoms with Crippen molar-refractivity contribution in [2.24, 2.45) is 29.6 Å². The van der Waals surface area contributed by atoms with Gasteiger partial charge >= 0.3 is 0 Å². The zero-order valence-electron chi connectivity index (χ0n) is 7.53. The van der Waals surface area contributed by atoms with Gasteiger partial charge in [-0.1, -0.05) is 0 Å². The Labute approximate surface area is 80.1 Å². The third kappa shape index (κ3) is 0.978. The van der Waals surface area contributed by atoms with Gasteiger partial charge in [-0.05, 0) is 24.7 Å². The van der Waals surface area contributed by atoms with E-state index in [2.05, 4.69) is 17.8 Å². The van der Waals surface area contributed by atoms with Crippen LogP contribution < -0.4 is 0 Å². The molecule has 0 heteroatoms. The Bertz CT molecular complexity index is 331. The van der Waals surface area contributed by atoms with Gasteiger partial charge in [0.25, 0.3) is 0 Å². The Morgan fingerprint density at radius 1 is 0.846 bits per heavy atom. The van der Waals surface area contributed by atoms with E-state index in [1.165, 1.54) is 0 Å². The van der Waals surface area contributed by atoms with Gasteiger partial charge in [-0.2, -0.15) is 0 Å². The lowest BCUT2D eigenvalue weighted by Crippen LogP contribution is -2.25. The van der Waals surface area contributed by atoms with Gasteiger partial charge in [-0.15, -0.1) is 37.0 Å². The molecule has 0 aliphatic heterocycles. The SMILES string of the molecule is C#CC1CC2CC1C(C#C)C2C#C. The first-order valence-corrected chi connectivity index (χ1v) is 4.70. The second kappa shape index (κ2) is 2.87. The Morgan fingerprint density at radius 3 is 2.08 bits per heavy atom. The molecule has 5 unspecified atom stereocenters. The minimum atomic E-state index is 0.241. The molecule has 2 bridgehead atoms. The standard InChI is InChI=1S/C13H12/c1-4-9-7-10-8-13(9)12(6-3)11(10)5-2/h1-3,9-13H,7-8H2. The molecule has 0 N–H and O–H groups in total. The fourth-order valence-electron chi connectivity index (χ4n) is 3.02. The summed E-state index contributed by atoms with van der Waals surface area (Å²) < 4.78 is 0. The van der Waals surface area contributed by atoms with E-state index >= 15 is 0 Å². The summed E-state index contributed by atoms with van der Waals surface area (Å²) in [5.41, 5.74) is 0. The van der Waals surface area contributed by atoms with Crippen molar-refractivity contribution >= 4 is 0 Å². The Morgan fingerprint density at radius 2 is 1.54 bits per heavy atom. The van der Waals surface area contributed by atoms with Crippen molar-refractivity contribution < 1.29 is 0 Å². The molecule has 0 amide bonds. The molecule has 0 saturated heterocycles. The quantitative estimate of drug-likeness (QED) is 0.484. The summed E-state index contributed by atoms with van der Waals surface area (Å²) in [6, 6.07) is 0. The van der Waals surface area contributed by atoms with E-state index in [4.69, 9.17) is 19.3 Å². The molecule has 2 aliphatic rings. The van der Waals surface area contributed by atoms with Crippen LogP contribution in [0.5, 0.6) is 0 Å². The summed E-state index contributed by atoms with van der Waals surface area (Å²) >= 11 is 0. The zero-order valence-corrected chi connectivity index (χ0v) is 7.53. The van der Waals surface area contributed by atoms with E-state index in [0.29, 0.717) is 23.7 Å². The van der Waals surface area contributed by atoms with Gasteiger partial charge < -0.3 is 0 Å². The van der Waals surface area contributed by atoms with Crippen LogP contribution in [0.15, 0.2) is 0 Å². The predicted molar refractivity (Wildman–Crippen MR) is 53.2 cm³/mol. The Kier molecular flexibility index (Phi) is 1.83. The summed E-state index contributed by atoms with van der Waals surface area (Å²) in [7, 11) is 0. The van der Waals surface area contributed by atoms with E-state index in [-0.39, 0.29) is 5.92 Å². The summed E-state index contributed by atoms with van der Waals surface area (Å²) in [6.45, 7) is 0. The maximum absolute atomic E-state index is 5.49. The van der Waals surface area contributed by atoms with Crippen LogP contribution in [0.2, 0.25) is 0 Å². The van der Waals surface area contributed by atoms with E-state index in [0.717, 1.165) is 12.8 Å². The lowest BCUT2D eigenvalue weighted by atomic mass is 9.75. The Hall–Kier alpha value is -1.32. The molecule has 2 aliphatic carbocycles. The molecule has 2 saturated carbocycles. The minimum absolute atomic E-state index is 0.241. The fraction of sp³-hybridized carbons (Fsp3) is 0.538. The molecule has 2 rings (SSSR count). The first-order chi connectivity index (χ1) is 6.31. The van der Waals surface area contributed by atoms with Gasteiger partial charge in [0.15, 0.2) is 0 Å². The topological polar surface area (TPSA) is 0 Å². The van der Waals surface area contributed by atoms with Crippen LogP contribution in [0.3, 0.4) is 0 Å². The second-order valence-electron chi connectivity index (χ2n) is 4.05. The number of terminal acetylenes is 3. The van der Waals surface area contributed by atoms with Gasteiger partial charge in [0.2, 0.25) is 0 Å². The van der Waals surface area contributed by atoms with Crippen LogP contribution in [0.25, 0.3) is 0 Å². The zero-order chi connectivity index (χ0) is 9.42. The van der Waals surface area contributed by atoms with Crippen LogP contribution in [0.4, 0.5) is 0 Å². The van der Waals surface area contributed by atoms with Crippen molar-refractivity contribution in [3.63, 3.8) is 0 Å². The van der Waals surface area contributed by atoms with Crippen molar-refractivity contribution in [2.45, 2.75) is 12.8 Å². The highest BCUT2D eigenvalue weighted by Crippen LogP contribution is 2.54. The first kappa shape index (κ1) is 8.29. The van der Waals surface area contributed by atoms with Crippen LogP contribution in [-0.2, 0) is 0 Å². The smallest absolute Gasteiger partial charge is 0.0380 e. The lowest BCUT2D eigenvalue weighted by Gasteiger charge is -2.27. The maximum Gasteiger partial charge on any atom is 0.0380 e. The van der Waals surface area contributed by atoms with E-state index in [1.54, 1.807) is 0 Å². The lowest BCUT2D eigenvalue weighted by molar-refractivity contribution is 0.290. The molecule has 0 heterocycles. The molecule has 0 aromatic rings. The van der Waals surface area contributed by atoms with Gasteiger partial charge in [0.05, 0.1) is 0 Å². The minimum Gasteiger partial charge on any atom is -0.120 e. The van der Waals surface area contributed by atoms with Crippen molar-refractivity contribution in [1.29, 1.82) is 0 Å². The van der Waals surface area contributed by atoms with Crippen molar-refractivity contribution in [3.8, 4) is 37.0 Å². The van der Waals surface area contributed by atoms with E-state index in [9.17, 15) is 0 Å². The highest BCUT2D eigenvalue weighted by Gasteiger charge is 2.50. The summed E-state index contributed by atoms with van der Waals surface area (Å²) in [5, 5.41) is 0. The maximum atomic E-state index is 5.49. The number of hydrogen-bond donors (Lipinski definition) is 0. The van der Waals surface area contributed by atoms with Crippen LogP contribution in [0, 0.1) is 66.6 Å². The summed E-state index contributed by atoms with van der Waals surface area (Å²) in [5.74, 6) is 10.5. The monoisotopic (exact) mass is 168 g/mol. The van der Waals surface area contributed by atoms with Crippen molar-refractivity contribution in [1.82, 2.24) is 0 Å². The molecular formula is C13H12. The van der Waals surface area contributed by atoms with E-state index in [1.807, 2.05) is 0 Å². The fourth-order valence-corrected chi connectivity index (χ4v) is 3.02. The van der Waals surface area contributed by atoms with E-state index < -0.39 is 0 Å². The molecule has 64 valence electrons. The highest BCUT2D eigenvalue weighted by atomic mass is 14.5. The molecule has 5 atom stereocenters. The molecule has 0 aromatic heterocycles. The number of rotatable bonds is 0. The summed E-state index contributed by atoms with van der Waals surface area (Å²) in [4.78, 5) is 0. The highest BCUT2D eigenvalue weighted by molar-refractivity contribution is 5.21. The van der Waals surface area contributed by atoms with Gasteiger partial charge in [-0.3, -0.25) is 0 Å². The van der Waals surface area contributed by atoms with Gasteiger partial charge in [-0.25, -0.2) is 0 Å². The molecule has 0 nitrogen and oxygen atoms in total. The normalized spacial score (nSPS) is 46.4. The predicted octanol–water partition coefficient (Wildman–Crippen LogP) is 1.77. The first-order valence-electron chi connectivity index (χ1n) is 4.70. The molecule has 0 radical (unpaired) electrons. The van der Waals surface area contributed by atoms with Crippen molar-refractivity contribution in [2.75, 3.05) is 0 Å². The molecule has 0 aromatic carbocycles. The average Bonchev–Trinajstić information content (AvgIpc) is 2.72. The average molecular weight is 168 g/mol. The van der Waals surface area contributed by atoms with Crippen LogP contribution in [0.1, 0.15) is 12.8 Å². The van der Waals surface area contributed by atoms with Crippen molar-refractivity contribution in [3.05, 3.63) is 0 Å². The molecule has 13 heavy (non-hydrogen) atoms. The molecular weight excluding hydrogens is 156 g/mol. The molecule has 0 spiro atoms. The van der Waals surface area contributed by atoms with Gasteiger partial charge in [0, 0.05) is 17.8 Å². The number of hydrogen-bond acceptors (Lipinski definition) is 0. The largest absolute Gasteiger partial charge is 0.120 e. The van der Waals surface area contributed by atoms with Gasteiger partial charge in [0.1, 0.15) is 0 Å². The summed E-state index contributed by atoms with van der Waals surface area (Å²) in [6.07, 6.45) is 18.7. The van der Waals surface area contributed by atoms with Crippen LogP contribution in [-0.4, -0.2) is 0 Å².